The highest BCUT2D eigenvalue weighted by Gasteiger charge is 2.13. The summed E-state index contributed by atoms with van der Waals surface area (Å²) in [5, 5.41) is 7.55. The predicted octanol–water partition coefficient (Wildman–Crippen LogP) is 1.88. The van der Waals surface area contributed by atoms with Crippen LogP contribution in [0, 0.1) is 13.8 Å². The van der Waals surface area contributed by atoms with Crippen LogP contribution in [0.15, 0.2) is 12.4 Å². The molecule has 0 aromatic carbocycles. The van der Waals surface area contributed by atoms with Gasteiger partial charge in [-0.3, -0.25) is 0 Å². The van der Waals surface area contributed by atoms with Gasteiger partial charge in [0.1, 0.15) is 12.1 Å². The van der Waals surface area contributed by atoms with E-state index in [-0.39, 0.29) is 0 Å². The van der Waals surface area contributed by atoms with Crippen LogP contribution in [0.25, 0.3) is 5.82 Å². The number of rotatable bonds is 3. The maximum absolute atomic E-state index is 4.46. The summed E-state index contributed by atoms with van der Waals surface area (Å²) in [5.41, 5.74) is 3.16. The van der Waals surface area contributed by atoms with Gasteiger partial charge in [0.2, 0.25) is 0 Å². The van der Waals surface area contributed by atoms with E-state index in [1.165, 1.54) is 0 Å². The number of aromatic nitrogens is 4. The summed E-state index contributed by atoms with van der Waals surface area (Å²) in [7, 11) is 1.87. The van der Waals surface area contributed by atoms with E-state index in [0.717, 1.165) is 35.0 Å². The highest BCUT2D eigenvalue weighted by Crippen LogP contribution is 2.20. The SMILES string of the molecule is CCc1c(NC)ncnc1-n1nc(C)cc1C. The van der Waals surface area contributed by atoms with E-state index in [0.29, 0.717) is 0 Å². The first-order valence-electron chi connectivity index (χ1n) is 5.72. The van der Waals surface area contributed by atoms with Gasteiger partial charge in [0.05, 0.1) is 5.69 Å². The van der Waals surface area contributed by atoms with Gasteiger partial charge in [0.25, 0.3) is 0 Å². The van der Waals surface area contributed by atoms with Crippen molar-refractivity contribution in [2.75, 3.05) is 12.4 Å². The first-order chi connectivity index (χ1) is 8.17. The molecule has 2 rings (SSSR count). The smallest absolute Gasteiger partial charge is 0.162 e. The van der Waals surface area contributed by atoms with Crippen molar-refractivity contribution in [3.8, 4) is 5.82 Å². The molecule has 2 aromatic rings. The lowest BCUT2D eigenvalue weighted by Gasteiger charge is -2.11. The predicted molar refractivity (Wildman–Crippen MR) is 67.6 cm³/mol. The van der Waals surface area contributed by atoms with Gasteiger partial charge >= 0.3 is 0 Å². The van der Waals surface area contributed by atoms with E-state index in [2.05, 4.69) is 27.3 Å². The van der Waals surface area contributed by atoms with E-state index < -0.39 is 0 Å². The molecule has 0 unspecified atom stereocenters. The Kier molecular flexibility index (Phi) is 3.08. The van der Waals surface area contributed by atoms with E-state index in [4.69, 9.17) is 0 Å². The fraction of sp³-hybridized carbons (Fsp3) is 0.417. The summed E-state index contributed by atoms with van der Waals surface area (Å²) in [6, 6.07) is 2.04. The Morgan fingerprint density at radius 2 is 2.06 bits per heavy atom. The zero-order valence-corrected chi connectivity index (χ0v) is 10.7. The van der Waals surface area contributed by atoms with Crippen LogP contribution in [-0.4, -0.2) is 26.8 Å². The Morgan fingerprint density at radius 3 is 2.59 bits per heavy atom. The van der Waals surface area contributed by atoms with Crippen LogP contribution < -0.4 is 5.32 Å². The maximum atomic E-state index is 4.46. The Bertz CT molecular complexity index is 530. The summed E-state index contributed by atoms with van der Waals surface area (Å²) in [4.78, 5) is 8.58. The summed E-state index contributed by atoms with van der Waals surface area (Å²) in [5.74, 6) is 1.72. The largest absolute Gasteiger partial charge is 0.373 e. The molecule has 0 aliphatic rings. The number of nitrogens with zero attached hydrogens (tertiary/aromatic N) is 4. The number of aryl methyl sites for hydroxylation is 2. The van der Waals surface area contributed by atoms with Gasteiger partial charge in [-0.25, -0.2) is 14.6 Å². The fourth-order valence-electron chi connectivity index (χ4n) is 1.97. The van der Waals surface area contributed by atoms with Gasteiger partial charge in [-0.05, 0) is 26.3 Å². The molecule has 0 saturated carbocycles. The monoisotopic (exact) mass is 231 g/mol. The highest BCUT2D eigenvalue weighted by molar-refractivity contribution is 5.51. The van der Waals surface area contributed by atoms with Crippen LogP contribution in [0.3, 0.4) is 0 Å². The van der Waals surface area contributed by atoms with Crippen LogP contribution in [0.5, 0.6) is 0 Å². The summed E-state index contributed by atoms with van der Waals surface area (Å²) >= 11 is 0. The molecular weight excluding hydrogens is 214 g/mol. The van der Waals surface area contributed by atoms with Gasteiger partial charge in [-0.2, -0.15) is 5.10 Å². The molecule has 2 aromatic heterocycles. The standard InChI is InChI=1S/C12H17N5/c1-5-10-11(13-4)14-7-15-12(10)17-9(3)6-8(2)16-17/h6-7H,5H2,1-4H3,(H,13,14,15). The van der Waals surface area contributed by atoms with Gasteiger partial charge in [-0.15, -0.1) is 0 Å². The molecule has 0 aliphatic carbocycles. The molecule has 0 fully saturated rings. The second-order valence-corrected chi connectivity index (χ2v) is 3.97. The second kappa shape index (κ2) is 4.53. The minimum Gasteiger partial charge on any atom is -0.373 e. The lowest BCUT2D eigenvalue weighted by molar-refractivity contribution is 0.785. The molecule has 2 heterocycles. The fourth-order valence-corrected chi connectivity index (χ4v) is 1.97. The van der Waals surface area contributed by atoms with Crippen molar-refractivity contribution < 1.29 is 0 Å². The van der Waals surface area contributed by atoms with Crippen molar-refractivity contribution in [2.24, 2.45) is 0 Å². The van der Waals surface area contributed by atoms with Crippen LogP contribution in [-0.2, 0) is 6.42 Å². The second-order valence-electron chi connectivity index (χ2n) is 3.97. The number of anilines is 1. The Balaban J connectivity index is 2.62. The molecule has 5 heteroatoms. The molecular formula is C12H17N5. The van der Waals surface area contributed by atoms with Crippen molar-refractivity contribution in [1.29, 1.82) is 0 Å². The molecule has 17 heavy (non-hydrogen) atoms. The molecule has 1 N–H and O–H groups in total. The van der Waals surface area contributed by atoms with Crippen molar-refractivity contribution >= 4 is 5.82 Å². The highest BCUT2D eigenvalue weighted by atomic mass is 15.3. The van der Waals surface area contributed by atoms with E-state index in [9.17, 15) is 0 Å². The van der Waals surface area contributed by atoms with Crippen LogP contribution in [0.4, 0.5) is 5.82 Å². The lowest BCUT2D eigenvalue weighted by Crippen LogP contribution is -2.09. The minimum atomic E-state index is 0.859. The van der Waals surface area contributed by atoms with Crippen LogP contribution in [0.1, 0.15) is 23.9 Å². The number of hydrogen-bond donors (Lipinski definition) is 1. The van der Waals surface area contributed by atoms with E-state index >= 15 is 0 Å². The van der Waals surface area contributed by atoms with Crippen LogP contribution in [0.2, 0.25) is 0 Å². The zero-order valence-electron chi connectivity index (χ0n) is 10.7. The third-order valence-electron chi connectivity index (χ3n) is 2.72. The van der Waals surface area contributed by atoms with Crippen molar-refractivity contribution in [1.82, 2.24) is 19.7 Å². The Hall–Kier alpha value is -1.91. The Morgan fingerprint density at radius 1 is 1.29 bits per heavy atom. The third-order valence-corrected chi connectivity index (χ3v) is 2.72. The van der Waals surface area contributed by atoms with Gasteiger partial charge < -0.3 is 5.32 Å². The van der Waals surface area contributed by atoms with E-state index in [1.54, 1.807) is 6.33 Å². The Labute approximate surface area is 101 Å². The van der Waals surface area contributed by atoms with Gasteiger partial charge in [-0.1, -0.05) is 6.92 Å². The lowest BCUT2D eigenvalue weighted by atomic mass is 10.2. The van der Waals surface area contributed by atoms with Crippen molar-refractivity contribution in [2.45, 2.75) is 27.2 Å². The van der Waals surface area contributed by atoms with Gasteiger partial charge in [0.15, 0.2) is 5.82 Å². The average molecular weight is 231 g/mol. The van der Waals surface area contributed by atoms with Crippen molar-refractivity contribution in [3.05, 3.63) is 29.3 Å². The normalized spacial score (nSPS) is 10.6. The first-order valence-corrected chi connectivity index (χ1v) is 5.72. The summed E-state index contributed by atoms with van der Waals surface area (Å²) < 4.78 is 1.87. The topological polar surface area (TPSA) is 55.6 Å². The third kappa shape index (κ3) is 2.00. The maximum Gasteiger partial charge on any atom is 0.162 e. The van der Waals surface area contributed by atoms with Crippen molar-refractivity contribution in [3.63, 3.8) is 0 Å². The summed E-state index contributed by atoms with van der Waals surface area (Å²) in [6.07, 6.45) is 2.43. The molecule has 0 radical (unpaired) electrons. The summed E-state index contributed by atoms with van der Waals surface area (Å²) in [6.45, 7) is 6.10. The molecule has 0 spiro atoms. The molecule has 90 valence electrons. The molecule has 0 aliphatic heterocycles. The number of nitrogens with one attached hydrogen (secondary N) is 1. The molecule has 0 amide bonds. The van der Waals surface area contributed by atoms with E-state index in [1.807, 2.05) is 31.6 Å². The molecule has 0 saturated heterocycles. The minimum absolute atomic E-state index is 0.859. The van der Waals surface area contributed by atoms with Gasteiger partial charge in [0, 0.05) is 18.3 Å². The zero-order chi connectivity index (χ0) is 12.4. The average Bonchev–Trinajstić information content (AvgIpc) is 2.67. The quantitative estimate of drug-likeness (QED) is 0.876. The first kappa shape index (κ1) is 11.6. The molecule has 5 nitrogen and oxygen atoms in total. The molecule has 0 atom stereocenters. The van der Waals surface area contributed by atoms with Crippen LogP contribution >= 0.6 is 0 Å². The number of hydrogen-bond acceptors (Lipinski definition) is 4. The molecule has 0 bridgehead atoms.